The van der Waals surface area contributed by atoms with E-state index in [1.165, 1.54) is 0 Å². The molecule has 2 N–H and O–H groups in total. The maximum atomic E-state index is 12.1. The van der Waals surface area contributed by atoms with Crippen LogP contribution >= 0.6 is 0 Å². The molecule has 4 nitrogen and oxygen atoms in total. The topological polar surface area (TPSA) is 59.5 Å². The number of hydrogen-bond donors (Lipinski definition) is 1. The van der Waals surface area contributed by atoms with E-state index in [1.54, 1.807) is 11.2 Å². The van der Waals surface area contributed by atoms with E-state index in [4.69, 9.17) is 10.2 Å². The van der Waals surface area contributed by atoms with Gasteiger partial charge in [0.1, 0.15) is 5.76 Å². The number of furan rings is 1. The summed E-state index contributed by atoms with van der Waals surface area (Å²) in [5.41, 5.74) is 7.89. The zero-order chi connectivity index (χ0) is 14.4. The molecule has 0 unspecified atom stereocenters. The summed E-state index contributed by atoms with van der Waals surface area (Å²) in [6.45, 7) is 1.08. The summed E-state index contributed by atoms with van der Waals surface area (Å²) in [4.78, 5) is 13.8. The second-order valence-electron chi connectivity index (χ2n) is 4.80. The monoisotopic (exact) mass is 272 g/mol. The van der Waals surface area contributed by atoms with E-state index in [0.29, 0.717) is 25.9 Å². The number of hydrogen-bond acceptors (Lipinski definition) is 3. The lowest BCUT2D eigenvalue weighted by atomic mass is 10.1. The predicted octanol–water partition coefficient (Wildman–Crippen LogP) is 2.33. The fourth-order valence-electron chi connectivity index (χ4n) is 2.13. The summed E-state index contributed by atoms with van der Waals surface area (Å²) < 4.78 is 5.23. The van der Waals surface area contributed by atoms with Crippen molar-refractivity contribution in [2.75, 3.05) is 7.05 Å². The number of nitrogens with two attached hydrogens (primary N) is 1. The maximum Gasteiger partial charge on any atom is 0.223 e. The summed E-state index contributed by atoms with van der Waals surface area (Å²) in [5.74, 6) is 0.947. The third-order valence-electron chi connectivity index (χ3n) is 3.34. The Bertz CT molecular complexity index is 549. The summed E-state index contributed by atoms with van der Waals surface area (Å²) in [5, 5.41) is 0. The van der Waals surface area contributed by atoms with E-state index in [-0.39, 0.29) is 5.91 Å². The average molecular weight is 272 g/mol. The summed E-state index contributed by atoms with van der Waals surface area (Å²) in [6, 6.07) is 11.7. The Morgan fingerprint density at radius 3 is 2.60 bits per heavy atom. The lowest BCUT2D eigenvalue weighted by Gasteiger charge is -2.18. The molecule has 1 amide bonds. The lowest BCUT2D eigenvalue weighted by molar-refractivity contribution is -0.130. The van der Waals surface area contributed by atoms with Crippen LogP contribution in [0.4, 0.5) is 0 Å². The molecule has 0 radical (unpaired) electrons. The lowest BCUT2D eigenvalue weighted by Crippen LogP contribution is -2.27. The second kappa shape index (κ2) is 6.91. The molecule has 0 aliphatic carbocycles. The first-order valence-corrected chi connectivity index (χ1v) is 6.74. The Morgan fingerprint density at radius 2 is 1.95 bits per heavy atom. The van der Waals surface area contributed by atoms with Gasteiger partial charge in [-0.05, 0) is 23.3 Å². The standard InChI is InChI=1S/C16H20N2O2/c1-18(12-14-6-3-2-5-13(14)11-17)16(19)9-8-15-7-4-10-20-15/h2-7,10H,8-9,11-12,17H2,1H3. The first-order chi connectivity index (χ1) is 9.70. The summed E-state index contributed by atoms with van der Waals surface area (Å²) in [6.07, 6.45) is 2.71. The molecule has 0 bridgehead atoms. The molecule has 1 aromatic heterocycles. The highest BCUT2D eigenvalue weighted by Crippen LogP contribution is 2.12. The Kier molecular flexibility index (Phi) is 4.96. The molecule has 1 heterocycles. The molecule has 0 aliphatic heterocycles. The van der Waals surface area contributed by atoms with Crippen molar-refractivity contribution >= 4 is 5.91 Å². The van der Waals surface area contributed by atoms with Gasteiger partial charge in [-0.15, -0.1) is 0 Å². The minimum absolute atomic E-state index is 0.105. The Morgan fingerprint density at radius 1 is 1.20 bits per heavy atom. The smallest absolute Gasteiger partial charge is 0.223 e. The first kappa shape index (κ1) is 14.3. The number of benzene rings is 1. The largest absolute Gasteiger partial charge is 0.469 e. The highest BCUT2D eigenvalue weighted by molar-refractivity contribution is 5.76. The van der Waals surface area contributed by atoms with E-state index in [2.05, 4.69) is 0 Å². The molecule has 0 saturated heterocycles. The van der Waals surface area contributed by atoms with Crippen molar-refractivity contribution in [2.24, 2.45) is 5.73 Å². The van der Waals surface area contributed by atoms with Gasteiger partial charge < -0.3 is 15.1 Å². The highest BCUT2D eigenvalue weighted by atomic mass is 16.3. The van der Waals surface area contributed by atoms with Gasteiger partial charge in [0, 0.05) is 33.0 Å². The molecule has 0 aliphatic rings. The first-order valence-electron chi connectivity index (χ1n) is 6.74. The second-order valence-corrected chi connectivity index (χ2v) is 4.80. The van der Waals surface area contributed by atoms with Crippen LogP contribution in [0.15, 0.2) is 47.1 Å². The summed E-state index contributed by atoms with van der Waals surface area (Å²) in [7, 11) is 1.82. The van der Waals surface area contributed by atoms with Gasteiger partial charge in [-0.3, -0.25) is 4.79 Å². The van der Waals surface area contributed by atoms with Crippen LogP contribution in [0.25, 0.3) is 0 Å². The van der Waals surface area contributed by atoms with E-state index >= 15 is 0 Å². The van der Waals surface area contributed by atoms with Gasteiger partial charge in [0.2, 0.25) is 5.91 Å². The number of amides is 1. The zero-order valence-electron chi connectivity index (χ0n) is 11.7. The van der Waals surface area contributed by atoms with Crippen molar-refractivity contribution in [2.45, 2.75) is 25.9 Å². The third kappa shape index (κ3) is 3.71. The van der Waals surface area contributed by atoms with Crippen LogP contribution in [0.3, 0.4) is 0 Å². The predicted molar refractivity (Wildman–Crippen MR) is 77.8 cm³/mol. The van der Waals surface area contributed by atoms with Crippen molar-refractivity contribution in [1.82, 2.24) is 4.90 Å². The number of carbonyl (C=O) groups is 1. The van der Waals surface area contributed by atoms with Gasteiger partial charge in [0.25, 0.3) is 0 Å². The van der Waals surface area contributed by atoms with E-state index in [1.807, 2.05) is 43.4 Å². The SMILES string of the molecule is CN(Cc1ccccc1CN)C(=O)CCc1ccco1. The molecule has 0 spiro atoms. The zero-order valence-corrected chi connectivity index (χ0v) is 11.7. The molecule has 2 aromatic rings. The van der Waals surface area contributed by atoms with Gasteiger partial charge in [-0.2, -0.15) is 0 Å². The maximum absolute atomic E-state index is 12.1. The Balaban J connectivity index is 1.90. The molecular formula is C16H20N2O2. The number of carbonyl (C=O) groups excluding carboxylic acids is 1. The third-order valence-corrected chi connectivity index (χ3v) is 3.34. The van der Waals surface area contributed by atoms with Gasteiger partial charge in [-0.25, -0.2) is 0 Å². The number of nitrogens with zero attached hydrogens (tertiary/aromatic N) is 1. The number of aryl methyl sites for hydroxylation is 1. The molecule has 20 heavy (non-hydrogen) atoms. The van der Waals surface area contributed by atoms with Crippen LogP contribution in [0.5, 0.6) is 0 Å². The van der Waals surface area contributed by atoms with Crippen LogP contribution in [0.2, 0.25) is 0 Å². The van der Waals surface area contributed by atoms with Crippen LogP contribution < -0.4 is 5.73 Å². The molecular weight excluding hydrogens is 252 g/mol. The van der Waals surface area contributed by atoms with Gasteiger partial charge in [0.05, 0.1) is 6.26 Å². The van der Waals surface area contributed by atoms with Crippen molar-refractivity contribution in [3.8, 4) is 0 Å². The molecule has 4 heteroatoms. The summed E-state index contributed by atoms with van der Waals surface area (Å²) >= 11 is 0. The molecule has 1 aromatic carbocycles. The molecule has 0 saturated carbocycles. The highest BCUT2D eigenvalue weighted by Gasteiger charge is 2.11. The van der Waals surface area contributed by atoms with Crippen molar-refractivity contribution in [1.29, 1.82) is 0 Å². The van der Waals surface area contributed by atoms with Crippen LogP contribution in [-0.4, -0.2) is 17.9 Å². The van der Waals surface area contributed by atoms with Crippen molar-refractivity contribution < 1.29 is 9.21 Å². The molecule has 0 fully saturated rings. The molecule has 106 valence electrons. The van der Waals surface area contributed by atoms with Gasteiger partial charge in [-0.1, -0.05) is 24.3 Å². The van der Waals surface area contributed by atoms with E-state index in [0.717, 1.165) is 16.9 Å². The Hall–Kier alpha value is -2.07. The van der Waals surface area contributed by atoms with Crippen LogP contribution in [-0.2, 0) is 24.3 Å². The van der Waals surface area contributed by atoms with Crippen LogP contribution in [0.1, 0.15) is 23.3 Å². The number of rotatable bonds is 6. The average Bonchev–Trinajstić information content (AvgIpc) is 2.98. The quantitative estimate of drug-likeness (QED) is 0.878. The minimum atomic E-state index is 0.105. The normalized spacial score (nSPS) is 10.5. The van der Waals surface area contributed by atoms with Gasteiger partial charge in [0.15, 0.2) is 0 Å². The van der Waals surface area contributed by atoms with Crippen molar-refractivity contribution in [3.05, 3.63) is 59.5 Å². The fourth-order valence-corrected chi connectivity index (χ4v) is 2.13. The van der Waals surface area contributed by atoms with E-state index in [9.17, 15) is 4.79 Å². The minimum Gasteiger partial charge on any atom is -0.469 e. The van der Waals surface area contributed by atoms with Crippen molar-refractivity contribution in [3.63, 3.8) is 0 Å². The van der Waals surface area contributed by atoms with Crippen LogP contribution in [0, 0.1) is 0 Å². The van der Waals surface area contributed by atoms with E-state index < -0.39 is 0 Å². The Labute approximate surface area is 119 Å². The fraction of sp³-hybridized carbons (Fsp3) is 0.312. The molecule has 0 atom stereocenters. The molecule has 2 rings (SSSR count). The van der Waals surface area contributed by atoms with Gasteiger partial charge >= 0.3 is 0 Å².